The van der Waals surface area contributed by atoms with Crippen molar-refractivity contribution in [2.75, 3.05) is 12.4 Å². The quantitative estimate of drug-likeness (QED) is 0.708. The first-order valence-corrected chi connectivity index (χ1v) is 8.59. The van der Waals surface area contributed by atoms with Gasteiger partial charge in [0.1, 0.15) is 22.9 Å². The fraction of sp³-hybridized carbons (Fsp3) is 0.105. The molecule has 2 aromatic carbocycles. The topological polar surface area (TPSA) is 85.4 Å². The molecular formula is C19H14F2N2O4S. The van der Waals surface area contributed by atoms with E-state index >= 15 is 0 Å². The number of hydrogen-bond acceptors (Lipinski definition) is 6. The number of anilines is 1. The summed E-state index contributed by atoms with van der Waals surface area (Å²) in [7, 11) is 1.58. The minimum absolute atomic E-state index is 0.250. The highest BCUT2D eigenvalue weighted by Gasteiger charge is 2.19. The van der Waals surface area contributed by atoms with Crippen LogP contribution in [0.5, 0.6) is 5.75 Å². The van der Waals surface area contributed by atoms with E-state index in [-0.39, 0.29) is 11.3 Å². The van der Waals surface area contributed by atoms with Crippen molar-refractivity contribution in [2.24, 2.45) is 0 Å². The summed E-state index contributed by atoms with van der Waals surface area (Å²) in [6.45, 7) is 1.80. The molecule has 1 aromatic heterocycles. The molecule has 3 aromatic rings. The van der Waals surface area contributed by atoms with E-state index in [1.165, 1.54) is 17.4 Å². The molecule has 0 fully saturated rings. The van der Waals surface area contributed by atoms with Crippen LogP contribution in [0.3, 0.4) is 0 Å². The number of benzene rings is 2. The summed E-state index contributed by atoms with van der Waals surface area (Å²) in [4.78, 5) is 33.5. The fourth-order valence-electron chi connectivity index (χ4n) is 2.36. The molecular weight excluding hydrogens is 390 g/mol. The van der Waals surface area contributed by atoms with Crippen LogP contribution in [-0.2, 0) is 9.59 Å². The van der Waals surface area contributed by atoms with Crippen molar-refractivity contribution in [1.82, 2.24) is 4.98 Å². The van der Waals surface area contributed by atoms with Crippen LogP contribution in [0.2, 0.25) is 0 Å². The zero-order valence-corrected chi connectivity index (χ0v) is 15.6. The third-order valence-electron chi connectivity index (χ3n) is 3.54. The van der Waals surface area contributed by atoms with E-state index in [0.717, 1.165) is 22.6 Å². The van der Waals surface area contributed by atoms with Gasteiger partial charge in [0.05, 0.1) is 17.7 Å². The normalized spacial score (nSPS) is 9.71. The zero-order chi connectivity index (χ0) is 20.7. The lowest BCUT2D eigenvalue weighted by Gasteiger charge is -2.04. The number of carbonyl (C=O) groups is 1. The van der Waals surface area contributed by atoms with E-state index in [1.807, 2.05) is 24.3 Å². The SMILES string of the molecule is COc1cccc(-c2sc(NC(=O)c3c(F)cccc3F)nc2C)c1.O=C=O. The van der Waals surface area contributed by atoms with Gasteiger partial charge in [0, 0.05) is 0 Å². The maximum Gasteiger partial charge on any atom is 0.373 e. The Morgan fingerprint density at radius 2 is 1.75 bits per heavy atom. The van der Waals surface area contributed by atoms with Gasteiger partial charge < -0.3 is 4.74 Å². The molecule has 1 amide bonds. The van der Waals surface area contributed by atoms with E-state index < -0.39 is 23.1 Å². The predicted octanol–water partition coefficient (Wildman–Crippen LogP) is 4.07. The van der Waals surface area contributed by atoms with E-state index in [1.54, 1.807) is 14.0 Å². The number of aryl methyl sites for hydroxylation is 1. The van der Waals surface area contributed by atoms with Crippen LogP contribution < -0.4 is 10.1 Å². The number of aromatic nitrogens is 1. The molecule has 0 aliphatic carbocycles. The number of halogens is 2. The Bertz CT molecular complexity index is 1010. The molecule has 0 saturated heterocycles. The lowest BCUT2D eigenvalue weighted by Crippen LogP contribution is -2.15. The van der Waals surface area contributed by atoms with E-state index in [0.29, 0.717) is 11.4 Å². The summed E-state index contributed by atoms with van der Waals surface area (Å²) < 4.78 is 32.6. The molecule has 9 heteroatoms. The predicted molar refractivity (Wildman–Crippen MR) is 98.2 cm³/mol. The summed E-state index contributed by atoms with van der Waals surface area (Å²) >= 11 is 1.22. The minimum Gasteiger partial charge on any atom is -0.497 e. The first-order valence-electron chi connectivity index (χ1n) is 7.77. The summed E-state index contributed by atoms with van der Waals surface area (Å²) in [5, 5.41) is 2.72. The number of thiazole rings is 1. The van der Waals surface area contributed by atoms with Gasteiger partial charge in [0.15, 0.2) is 5.13 Å². The first kappa shape index (κ1) is 20.9. The third-order valence-corrected chi connectivity index (χ3v) is 4.66. The number of amides is 1. The minimum atomic E-state index is -0.918. The molecule has 0 atom stereocenters. The van der Waals surface area contributed by atoms with Crippen LogP contribution in [0.4, 0.5) is 13.9 Å². The van der Waals surface area contributed by atoms with Gasteiger partial charge in [-0.05, 0) is 36.8 Å². The highest BCUT2D eigenvalue weighted by atomic mass is 32.1. The number of nitrogens with one attached hydrogen (secondary N) is 1. The summed E-state index contributed by atoms with van der Waals surface area (Å²) in [5.41, 5.74) is 0.952. The monoisotopic (exact) mass is 404 g/mol. The van der Waals surface area contributed by atoms with Gasteiger partial charge in [-0.3, -0.25) is 10.1 Å². The second kappa shape index (κ2) is 9.50. The van der Waals surface area contributed by atoms with Gasteiger partial charge in [0.25, 0.3) is 5.91 Å². The van der Waals surface area contributed by atoms with Gasteiger partial charge in [-0.15, -0.1) is 0 Å². The summed E-state index contributed by atoms with van der Waals surface area (Å²) in [6.07, 6.45) is 0.250. The number of carbonyl (C=O) groups excluding carboxylic acids is 3. The Balaban J connectivity index is 0.000000878. The van der Waals surface area contributed by atoms with Gasteiger partial charge in [-0.25, -0.2) is 13.8 Å². The molecule has 1 heterocycles. The molecule has 0 aliphatic rings. The standard InChI is InChI=1S/C18H14F2N2O2S.CO2/c1-10-16(11-5-3-6-12(9-11)24-2)25-18(21-10)22-17(23)15-13(19)7-4-8-14(15)20;2-1-3/h3-9H,1-2H3,(H,21,22,23);. The first-order chi connectivity index (χ1) is 13.4. The van der Waals surface area contributed by atoms with Crippen molar-refractivity contribution in [2.45, 2.75) is 6.92 Å². The molecule has 0 radical (unpaired) electrons. The number of hydrogen-bond donors (Lipinski definition) is 1. The number of ether oxygens (including phenoxy) is 1. The Kier molecular flexibility index (Phi) is 7.08. The Morgan fingerprint density at radius 1 is 1.14 bits per heavy atom. The number of nitrogens with zero attached hydrogens (tertiary/aromatic N) is 1. The highest BCUT2D eigenvalue weighted by Crippen LogP contribution is 2.34. The van der Waals surface area contributed by atoms with Crippen LogP contribution in [0.1, 0.15) is 16.1 Å². The zero-order valence-electron chi connectivity index (χ0n) is 14.8. The Hall–Kier alpha value is -3.42. The van der Waals surface area contributed by atoms with E-state index in [4.69, 9.17) is 14.3 Å². The number of methoxy groups -OCH3 is 1. The van der Waals surface area contributed by atoms with Crippen molar-refractivity contribution < 1.29 is 27.9 Å². The van der Waals surface area contributed by atoms with Crippen LogP contribution >= 0.6 is 11.3 Å². The molecule has 0 unspecified atom stereocenters. The van der Waals surface area contributed by atoms with Gasteiger partial charge in [-0.1, -0.05) is 29.5 Å². The molecule has 6 nitrogen and oxygen atoms in total. The second-order valence-corrected chi connectivity index (χ2v) is 6.30. The Labute approximate surface area is 162 Å². The average molecular weight is 404 g/mol. The molecule has 0 aliphatic heterocycles. The average Bonchev–Trinajstić information content (AvgIpc) is 3.02. The van der Waals surface area contributed by atoms with Gasteiger partial charge >= 0.3 is 6.15 Å². The van der Waals surface area contributed by atoms with Crippen LogP contribution in [-0.4, -0.2) is 24.2 Å². The largest absolute Gasteiger partial charge is 0.497 e. The van der Waals surface area contributed by atoms with E-state index in [9.17, 15) is 13.6 Å². The van der Waals surface area contributed by atoms with Crippen LogP contribution in [0.25, 0.3) is 10.4 Å². The van der Waals surface area contributed by atoms with Crippen LogP contribution in [0, 0.1) is 18.6 Å². The summed E-state index contributed by atoms with van der Waals surface area (Å²) in [5.74, 6) is -2.01. The van der Waals surface area contributed by atoms with Gasteiger partial charge in [-0.2, -0.15) is 9.59 Å². The third kappa shape index (κ3) is 4.85. The second-order valence-electron chi connectivity index (χ2n) is 5.30. The maximum atomic E-state index is 13.7. The Morgan fingerprint density at radius 3 is 2.36 bits per heavy atom. The highest BCUT2D eigenvalue weighted by molar-refractivity contribution is 7.19. The van der Waals surface area contributed by atoms with Crippen molar-refractivity contribution in [1.29, 1.82) is 0 Å². The molecule has 144 valence electrons. The van der Waals surface area contributed by atoms with E-state index in [2.05, 4.69) is 10.3 Å². The fourth-order valence-corrected chi connectivity index (χ4v) is 3.31. The van der Waals surface area contributed by atoms with Crippen molar-refractivity contribution in [3.63, 3.8) is 0 Å². The van der Waals surface area contributed by atoms with Crippen molar-refractivity contribution >= 4 is 28.5 Å². The molecule has 28 heavy (non-hydrogen) atoms. The van der Waals surface area contributed by atoms with Gasteiger partial charge in [0.2, 0.25) is 0 Å². The lowest BCUT2D eigenvalue weighted by atomic mass is 10.1. The molecule has 0 bridgehead atoms. The summed E-state index contributed by atoms with van der Waals surface area (Å²) in [6, 6.07) is 10.7. The molecule has 3 rings (SSSR count). The molecule has 0 spiro atoms. The van der Waals surface area contributed by atoms with Crippen LogP contribution in [0.15, 0.2) is 42.5 Å². The van der Waals surface area contributed by atoms with Crippen molar-refractivity contribution in [3.8, 4) is 16.2 Å². The molecule has 0 saturated carbocycles. The van der Waals surface area contributed by atoms with Crippen molar-refractivity contribution in [3.05, 3.63) is 65.4 Å². The molecule has 1 N–H and O–H groups in total. The smallest absolute Gasteiger partial charge is 0.373 e. The lowest BCUT2D eigenvalue weighted by molar-refractivity contribution is -0.191. The number of rotatable bonds is 4. The maximum absolute atomic E-state index is 13.7.